The first-order valence-electron chi connectivity index (χ1n) is 7.66. The fourth-order valence-electron chi connectivity index (χ4n) is 2.68. The van der Waals surface area contributed by atoms with Crippen LogP contribution in [0.2, 0.25) is 0 Å². The molecule has 2 amide bonds. The van der Waals surface area contributed by atoms with Gasteiger partial charge >= 0.3 is 0 Å². The Bertz CT molecular complexity index is 337. The molecule has 1 heterocycles. The van der Waals surface area contributed by atoms with Gasteiger partial charge < -0.3 is 10.2 Å². The minimum atomic E-state index is -0.236. The van der Waals surface area contributed by atoms with Gasteiger partial charge in [0.1, 0.15) is 6.04 Å². The van der Waals surface area contributed by atoms with Crippen LogP contribution in [-0.4, -0.2) is 35.8 Å². The van der Waals surface area contributed by atoms with Gasteiger partial charge in [-0.3, -0.25) is 9.59 Å². The average molecular weight is 266 g/mol. The first kappa shape index (κ1) is 14.4. The minimum absolute atomic E-state index is 0.0370. The zero-order chi connectivity index (χ0) is 13.8. The van der Waals surface area contributed by atoms with Crippen LogP contribution in [0, 0.1) is 11.8 Å². The molecule has 0 aromatic heterocycles. The molecule has 0 radical (unpaired) electrons. The quantitative estimate of drug-likeness (QED) is 0.747. The normalized spacial score (nSPS) is 24.6. The maximum atomic E-state index is 12.4. The average Bonchev–Trinajstić information content (AvgIpc) is 3.17. The van der Waals surface area contributed by atoms with Crippen LogP contribution >= 0.6 is 0 Å². The summed E-state index contributed by atoms with van der Waals surface area (Å²) >= 11 is 0. The summed E-state index contributed by atoms with van der Waals surface area (Å²) in [4.78, 5) is 26.0. The second-order valence-electron chi connectivity index (χ2n) is 6.35. The maximum Gasteiger partial charge on any atom is 0.245 e. The van der Waals surface area contributed by atoms with Gasteiger partial charge in [0.05, 0.1) is 0 Å². The van der Waals surface area contributed by atoms with Crippen molar-refractivity contribution in [2.24, 2.45) is 11.8 Å². The molecule has 1 unspecified atom stereocenters. The molecule has 2 aliphatic rings. The van der Waals surface area contributed by atoms with Crippen molar-refractivity contribution in [2.45, 2.75) is 58.4 Å². The topological polar surface area (TPSA) is 49.4 Å². The summed E-state index contributed by atoms with van der Waals surface area (Å²) in [7, 11) is 0. The summed E-state index contributed by atoms with van der Waals surface area (Å²) in [6.45, 7) is 5.85. The lowest BCUT2D eigenvalue weighted by Gasteiger charge is -2.24. The summed E-state index contributed by atoms with van der Waals surface area (Å²) in [5.41, 5.74) is 0. The zero-order valence-corrected chi connectivity index (χ0v) is 12.2. The van der Waals surface area contributed by atoms with E-state index in [1.54, 1.807) is 0 Å². The van der Waals surface area contributed by atoms with E-state index in [1.165, 1.54) is 6.42 Å². The molecule has 1 N–H and O–H groups in total. The Hall–Kier alpha value is -1.06. The lowest BCUT2D eigenvalue weighted by atomic mass is 10.1. The van der Waals surface area contributed by atoms with Crippen LogP contribution in [0.15, 0.2) is 0 Å². The Morgan fingerprint density at radius 1 is 1.26 bits per heavy atom. The summed E-state index contributed by atoms with van der Waals surface area (Å²) in [6, 6.07) is -0.236. The first-order valence-corrected chi connectivity index (χ1v) is 7.66. The van der Waals surface area contributed by atoms with E-state index in [9.17, 15) is 9.59 Å². The molecule has 0 aromatic carbocycles. The molecule has 1 saturated heterocycles. The molecule has 2 rings (SSSR count). The van der Waals surface area contributed by atoms with E-state index in [-0.39, 0.29) is 17.9 Å². The van der Waals surface area contributed by atoms with Gasteiger partial charge in [0, 0.05) is 19.5 Å². The minimum Gasteiger partial charge on any atom is -0.344 e. The summed E-state index contributed by atoms with van der Waals surface area (Å²) in [5, 5.41) is 2.90. The number of amides is 2. The van der Waals surface area contributed by atoms with Gasteiger partial charge in [0.2, 0.25) is 11.8 Å². The van der Waals surface area contributed by atoms with Crippen molar-refractivity contribution in [1.29, 1.82) is 0 Å². The number of carbonyl (C=O) groups is 2. The SMILES string of the molecule is CC(C)CCCCN1CCC(=O)NC(C2CC2)C1=O. The predicted molar refractivity (Wildman–Crippen MR) is 74.5 cm³/mol. The smallest absolute Gasteiger partial charge is 0.245 e. The van der Waals surface area contributed by atoms with Crippen LogP contribution in [0.4, 0.5) is 0 Å². The van der Waals surface area contributed by atoms with Gasteiger partial charge in [-0.1, -0.05) is 26.7 Å². The van der Waals surface area contributed by atoms with E-state index >= 15 is 0 Å². The highest BCUT2D eigenvalue weighted by Crippen LogP contribution is 2.34. The first-order chi connectivity index (χ1) is 9.08. The summed E-state index contributed by atoms with van der Waals surface area (Å²) < 4.78 is 0. The lowest BCUT2D eigenvalue weighted by Crippen LogP contribution is -2.46. The predicted octanol–water partition coefficient (Wildman–Crippen LogP) is 1.94. The third-order valence-corrected chi connectivity index (χ3v) is 4.06. The molecule has 19 heavy (non-hydrogen) atoms. The van der Waals surface area contributed by atoms with Crippen molar-refractivity contribution in [3.8, 4) is 0 Å². The van der Waals surface area contributed by atoms with E-state index in [4.69, 9.17) is 0 Å². The molecule has 4 nitrogen and oxygen atoms in total. The van der Waals surface area contributed by atoms with E-state index in [0.717, 1.165) is 38.1 Å². The molecule has 0 aromatic rings. The molecule has 1 atom stereocenters. The fraction of sp³-hybridized carbons (Fsp3) is 0.867. The van der Waals surface area contributed by atoms with Crippen molar-refractivity contribution in [3.05, 3.63) is 0 Å². The van der Waals surface area contributed by atoms with Crippen LogP contribution in [-0.2, 0) is 9.59 Å². The molecule has 2 fully saturated rings. The van der Waals surface area contributed by atoms with Crippen LogP contribution < -0.4 is 5.32 Å². The van der Waals surface area contributed by atoms with E-state index in [0.29, 0.717) is 18.9 Å². The molecule has 1 aliphatic heterocycles. The zero-order valence-electron chi connectivity index (χ0n) is 12.2. The number of nitrogens with zero attached hydrogens (tertiary/aromatic N) is 1. The molecular weight excluding hydrogens is 240 g/mol. The Balaban J connectivity index is 1.83. The van der Waals surface area contributed by atoms with Gasteiger partial charge in [-0.25, -0.2) is 0 Å². The van der Waals surface area contributed by atoms with Crippen molar-refractivity contribution in [3.63, 3.8) is 0 Å². The van der Waals surface area contributed by atoms with Crippen LogP contribution in [0.3, 0.4) is 0 Å². The van der Waals surface area contributed by atoms with Crippen molar-refractivity contribution < 1.29 is 9.59 Å². The number of carbonyl (C=O) groups excluding carboxylic acids is 2. The molecule has 108 valence electrons. The van der Waals surface area contributed by atoms with E-state index < -0.39 is 0 Å². The second-order valence-corrected chi connectivity index (χ2v) is 6.35. The van der Waals surface area contributed by atoms with E-state index in [1.807, 2.05) is 4.90 Å². The van der Waals surface area contributed by atoms with Gasteiger partial charge in [0.25, 0.3) is 0 Å². The largest absolute Gasteiger partial charge is 0.344 e. The monoisotopic (exact) mass is 266 g/mol. The van der Waals surface area contributed by atoms with Crippen molar-refractivity contribution >= 4 is 11.8 Å². The molecule has 0 spiro atoms. The molecule has 1 saturated carbocycles. The van der Waals surface area contributed by atoms with Crippen molar-refractivity contribution in [2.75, 3.05) is 13.1 Å². The van der Waals surface area contributed by atoms with Crippen LogP contribution in [0.1, 0.15) is 52.4 Å². The Kier molecular flexibility index (Phi) is 4.83. The molecule has 1 aliphatic carbocycles. The Labute approximate surface area is 115 Å². The van der Waals surface area contributed by atoms with Gasteiger partial charge in [-0.2, -0.15) is 0 Å². The maximum absolute atomic E-state index is 12.4. The summed E-state index contributed by atoms with van der Waals surface area (Å²) in [5.74, 6) is 1.31. The van der Waals surface area contributed by atoms with Crippen LogP contribution in [0.25, 0.3) is 0 Å². The van der Waals surface area contributed by atoms with E-state index in [2.05, 4.69) is 19.2 Å². The molecule has 0 bridgehead atoms. The number of hydrogen-bond acceptors (Lipinski definition) is 2. The summed E-state index contributed by atoms with van der Waals surface area (Å²) in [6.07, 6.45) is 6.05. The number of hydrogen-bond donors (Lipinski definition) is 1. The highest BCUT2D eigenvalue weighted by atomic mass is 16.2. The van der Waals surface area contributed by atoms with Crippen LogP contribution in [0.5, 0.6) is 0 Å². The second kappa shape index (κ2) is 6.40. The molecular formula is C15H26N2O2. The van der Waals surface area contributed by atoms with Gasteiger partial charge in [0.15, 0.2) is 0 Å². The third-order valence-electron chi connectivity index (χ3n) is 4.06. The standard InChI is InChI=1S/C15H26N2O2/c1-11(2)5-3-4-9-17-10-8-13(18)16-14(15(17)19)12-6-7-12/h11-12,14H,3-10H2,1-2H3,(H,16,18). The highest BCUT2D eigenvalue weighted by Gasteiger charge is 2.40. The highest BCUT2D eigenvalue weighted by molar-refractivity contribution is 5.90. The number of rotatable bonds is 6. The fourth-order valence-corrected chi connectivity index (χ4v) is 2.68. The van der Waals surface area contributed by atoms with Gasteiger partial charge in [-0.05, 0) is 31.1 Å². The number of unbranched alkanes of at least 4 members (excludes halogenated alkanes) is 1. The molecule has 4 heteroatoms. The third kappa shape index (κ3) is 4.22. The van der Waals surface area contributed by atoms with Gasteiger partial charge in [-0.15, -0.1) is 0 Å². The number of nitrogens with one attached hydrogen (secondary N) is 1. The Morgan fingerprint density at radius 2 is 2.00 bits per heavy atom. The lowest BCUT2D eigenvalue weighted by molar-refractivity contribution is -0.134. The van der Waals surface area contributed by atoms with Crippen molar-refractivity contribution in [1.82, 2.24) is 10.2 Å². The Morgan fingerprint density at radius 3 is 2.63 bits per heavy atom.